The number of imidazole rings is 1. The Labute approximate surface area is 86.6 Å². The third kappa shape index (κ3) is 2.37. The highest BCUT2D eigenvalue weighted by Gasteiger charge is 2.16. The third-order valence-corrected chi connectivity index (χ3v) is 3.31. The average Bonchev–Trinajstić information content (AvgIpc) is 2.67. The molecule has 1 aliphatic carbocycles. The molecule has 0 amide bonds. The van der Waals surface area contributed by atoms with Gasteiger partial charge in [0.2, 0.25) is 6.33 Å². The monoisotopic (exact) mass is 193 g/mol. The highest BCUT2D eigenvalue weighted by molar-refractivity contribution is 4.67. The quantitative estimate of drug-likeness (QED) is 0.652. The first kappa shape index (κ1) is 9.75. The van der Waals surface area contributed by atoms with E-state index >= 15 is 0 Å². The summed E-state index contributed by atoms with van der Waals surface area (Å²) < 4.78 is 4.59. The Kier molecular flexibility index (Phi) is 3.22. The van der Waals surface area contributed by atoms with Crippen molar-refractivity contribution in [3.8, 4) is 0 Å². The molecule has 0 bridgehead atoms. The maximum absolute atomic E-state index is 2.35. The summed E-state index contributed by atoms with van der Waals surface area (Å²) >= 11 is 0. The average molecular weight is 193 g/mol. The van der Waals surface area contributed by atoms with Crippen LogP contribution in [0.2, 0.25) is 0 Å². The number of hydrogen-bond acceptors (Lipinski definition) is 0. The maximum atomic E-state index is 2.35. The molecule has 0 atom stereocenters. The van der Waals surface area contributed by atoms with E-state index < -0.39 is 0 Å². The fourth-order valence-corrected chi connectivity index (χ4v) is 2.40. The molecule has 1 fully saturated rings. The Bertz CT molecular complexity index is 272. The number of nitrogens with zero attached hydrogens (tertiary/aromatic N) is 2. The Morgan fingerprint density at radius 3 is 2.71 bits per heavy atom. The van der Waals surface area contributed by atoms with Gasteiger partial charge in [-0.3, -0.25) is 0 Å². The zero-order valence-electron chi connectivity index (χ0n) is 9.15. The van der Waals surface area contributed by atoms with Crippen molar-refractivity contribution in [3.63, 3.8) is 0 Å². The van der Waals surface area contributed by atoms with Crippen molar-refractivity contribution >= 4 is 0 Å². The van der Waals surface area contributed by atoms with Crippen molar-refractivity contribution in [3.05, 3.63) is 18.7 Å². The summed E-state index contributed by atoms with van der Waals surface area (Å²) in [5.41, 5.74) is 0. The molecule has 0 spiro atoms. The number of hydrogen-bond donors (Lipinski definition) is 0. The molecule has 0 aromatic carbocycles. The van der Waals surface area contributed by atoms with Gasteiger partial charge in [-0.25, -0.2) is 9.13 Å². The van der Waals surface area contributed by atoms with Crippen LogP contribution in [0.1, 0.15) is 39.0 Å². The molecular formula is C12H21N2+. The molecule has 0 aliphatic heterocycles. The summed E-state index contributed by atoms with van der Waals surface area (Å²) in [7, 11) is 0. The molecule has 0 saturated heterocycles. The van der Waals surface area contributed by atoms with E-state index in [2.05, 4.69) is 34.8 Å². The molecule has 14 heavy (non-hydrogen) atoms. The van der Waals surface area contributed by atoms with Crippen LogP contribution in [-0.4, -0.2) is 4.57 Å². The summed E-state index contributed by atoms with van der Waals surface area (Å²) in [5, 5.41) is 0. The molecule has 2 rings (SSSR count). The van der Waals surface area contributed by atoms with E-state index in [1.807, 2.05) is 0 Å². The van der Waals surface area contributed by atoms with Gasteiger partial charge in [0.1, 0.15) is 12.4 Å². The smallest absolute Gasteiger partial charge is 0.237 e. The predicted octanol–water partition coefficient (Wildman–Crippen LogP) is 2.38. The second-order valence-corrected chi connectivity index (χ2v) is 4.44. The summed E-state index contributed by atoms with van der Waals surface area (Å²) in [6, 6.07) is 0. The van der Waals surface area contributed by atoms with Crippen molar-refractivity contribution in [2.45, 2.75) is 52.1 Å². The Hall–Kier alpha value is -0.790. The fraction of sp³-hybridized carbons (Fsp3) is 0.750. The van der Waals surface area contributed by atoms with E-state index in [0.717, 1.165) is 12.5 Å². The molecule has 1 saturated carbocycles. The van der Waals surface area contributed by atoms with E-state index in [9.17, 15) is 0 Å². The van der Waals surface area contributed by atoms with Crippen LogP contribution in [0.15, 0.2) is 18.7 Å². The SMILES string of the molecule is CCn1cc[n+](CC2CCCCC2)c1. The summed E-state index contributed by atoms with van der Waals surface area (Å²) in [6.07, 6.45) is 13.8. The molecule has 1 aliphatic rings. The molecule has 1 aromatic rings. The zero-order valence-corrected chi connectivity index (χ0v) is 9.15. The van der Waals surface area contributed by atoms with Crippen molar-refractivity contribution in [1.29, 1.82) is 0 Å². The summed E-state index contributed by atoms with van der Waals surface area (Å²) in [4.78, 5) is 0. The fourth-order valence-electron chi connectivity index (χ4n) is 2.40. The molecular weight excluding hydrogens is 172 g/mol. The number of aryl methyl sites for hydroxylation is 1. The van der Waals surface area contributed by atoms with Gasteiger partial charge in [0, 0.05) is 0 Å². The second-order valence-electron chi connectivity index (χ2n) is 4.44. The van der Waals surface area contributed by atoms with Gasteiger partial charge in [-0.1, -0.05) is 19.3 Å². The van der Waals surface area contributed by atoms with Gasteiger partial charge in [0.15, 0.2) is 0 Å². The van der Waals surface area contributed by atoms with E-state index in [4.69, 9.17) is 0 Å². The van der Waals surface area contributed by atoms with Crippen LogP contribution in [0.25, 0.3) is 0 Å². The normalized spacial score (nSPS) is 18.6. The van der Waals surface area contributed by atoms with Gasteiger partial charge >= 0.3 is 0 Å². The van der Waals surface area contributed by atoms with E-state index in [1.165, 1.54) is 38.6 Å². The molecule has 0 radical (unpaired) electrons. The summed E-state index contributed by atoms with van der Waals surface area (Å²) in [5.74, 6) is 0.932. The van der Waals surface area contributed by atoms with Gasteiger partial charge in [0.25, 0.3) is 0 Å². The molecule has 1 aromatic heterocycles. The summed E-state index contributed by atoms with van der Waals surface area (Å²) in [6.45, 7) is 4.50. The topological polar surface area (TPSA) is 8.81 Å². The zero-order chi connectivity index (χ0) is 9.80. The van der Waals surface area contributed by atoms with E-state index in [0.29, 0.717) is 0 Å². The Morgan fingerprint density at radius 2 is 2.07 bits per heavy atom. The van der Waals surface area contributed by atoms with Gasteiger partial charge in [-0.2, -0.15) is 0 Å². The first-order chi connectivity index (χ1) is 6.88. The van der Waals surface area contributed by atoms with Crippen LogP contribution in [-0.2, 0) is 13.1 Å². The largest absolute Gasteiger partial charge is 0.243 e. The van der Waals surface area contributed by atoms with Crippen molar-refractivity contribution < 1.29 is 4.57 Å². The standard InChI is InChI=1S/C12H21N2/c1-2-13-8-9-14(11-13)10-12-6-4-3-5-7-12/h8-9,11-12H,2-7,10H2,1H3/q+1. The lowest BCUT2D eigenvalue weighted by molar-refractivity contribution is -0.703. The molecule has 2 nitrogen and oxygen atoms in total. The lowest BCUT2D eigenvalue weighted by atomic mass is 9.89. The maximum Gasteiger partial charge on any atom is 0.243 e. The van der Waals surface area contributed by atoms with Crippen LogP contribution in [0.4, 0.5) is 0 Å². The van der Waals surface area contributed by atoms with E-state index in [-0.39, 0.29) is 0 Å². The van der Waals surface area contributed by atoms with Crippen molar-refractivity contribution in [2.75, 3.05) is 0 Å². The van der Waals surface area contributed by atoms with Crippen LogP contribution in [0, 0.1) is 5.92 Å². The van der Waals surface area contributed by atoms with Crippen LogP contribution in [0.3, 0.4) is 0 Å². The van der Waals surface area contributed by atoms with Gasteiger partial charge in [-0.15, -0.1) is 0 Å². The second kappa shape index (κ2) is 4.63. The minimum absolute atomic E-state index is 0.932. The Balaban J connectivity index is 1.89. The van der Waals surface area contributed by atoms with Gasteiger partial charge in [-0.05, 0) is 25.7 Å². The van der Waals surface area contributed by atoms with Crippen LogP contribution >= 0.6 is 0 Å². The minimum atomic E-state index is 0.932. The Morgan fingerprint density at radius 1 is 1.29 bits per heavy atom. The third-order valence-electron chi connectivity index (χ3n) is 3.31. The van der Waals surface area contributed by atoms with Gasteiger partial charge in [0.05, 0.1) is 13.1 Å². The molecule has 1 heterocycles. The lowest BCUT2D eigenvalue weighted by Crippen LogP contribution is -2.36. The first-order valence-electron chi connectivity index (χ1n) is 5.93. The molecule has 78 valence electrons. The minimum Gasteiger partial charge on any atom is -0.237 e. The molecule has 0 N–H and O–H groups in total. The number of aromatic nitrogens is 2. The van der Waals surface area contributed by atoms with Crippen LogP contribution in [0.5, 0.6) is 0 Å². The highest BCUT2D eigenvalue weighted by Crippen LogP contribution is 2.23. The highest BCUT2D eigenvalue weighted by atomic mass is 15.1. The van der Waals surface area contributed by atoms with Gasteiger partial charge < -0.3 is 0 Å². The first-order valence-corrected chi connectivity index (χ1v) is 5.93. The van der Waals surface area contributed by atoms with Crippen LogP contribution < -0.4 is 4.57 Å². The molecule has 0 unspecified atom stereocenters. The van der Waals surface area contributed by atoms with Crippen molar-refractivity contribution in [1.82, 2.24) is 4.57 Å². The lowest BCUT2D eigenvalue weighted by Gasteiger charge is -2.19. The molecule has 2 heteroatoms. The van der Waals surface area contributed by atoms with Crippen molar-refractivity contribution in [2.24, 2.45) is 5.92 Å². The predicted molar refractivity (Wildman–Crippen MR) is 56.9 cm³/mol. The van der Waals surface area contributed by atoms with E-state index in [1.54, 1.807) is 0 Å². The number of rotatable bonds is 3.